The number of amides is 1. The number of anilines is 1. The van der Waals surface area contributed by atoms with E-state index in [-0.39, 0.29) is 11.5 Å². The van der Waals surface area contributed by atoms with Crippen LogP contribution in [0.5, 0.6) is 5.75 Å². The van der Waals surface area contributed by atoms with Crippen LogP contribution in [0.2, 0.25) is 0 Å². The third kappa shape index (κ3) is 3.25. The highest BCUT2D eigenvalue weighted by molar-refractivity contribution is 5.97. The van der Waals surface area contributed by atoms with Gasteiger partial charge in [-0.2, -0.15) is 0 Å². The predicted octanol–water partition coefficient (Wildman–Crippen LogP) is 0.320. The molecule has 1 amide bonds. The van der Waals surface area contributed by atoms with Crippen LogP contribution in [0, 0.1) is 0 Å². The van der Waals surface area contributed by atoms with E-state index in [9.17, 15) is 9.59 Å². The van der Waals surface area contributed by atoms with Crippen molar-refractivity contribution < 1.29 is 24.2 Å². The average molecular weight is 280 g/mol. The van der Waals surface area contributed by atoms with E-state index in [1.54, 1.807) is 0 Å². The van der Waals surface area contributed by atoms with Gasteiger partial charge in [0, 0.05) is 13.1 Å². The second kappa shape index (κ2) is 6.36. The highest BCUT2D eigenvalue weighted by atomic mass is 16.5. The van der Waals surface area contributed by atoms with Gasteiger partial charge in [0.15, 0.2) is 0 Å². The predicted molar refractivity (Wildman–Crippen MR) is 71.2 cm³/mol. The van der Waals surface area contributed by atoms with Crippen LogP contribution < -0.4 is 15.4 Å². The van der Waals surface area contributed by atoms with Crippen molar-refractivity contribution in [1.82, 2.24) is 5.32 Å². The number of carboxylic acids is 1. The van der Waals surface area contributed by atoms with Crippen molar-refractivity contribution in [2.24, 2.45) is 0 Å². The van der Waals surface area contributed by atoms with Gasteiger partial charge < -0.3 is 25.2 Å². The molecule has 1 aliphatic heterocycles. The van der Waals surface area contributed by atoms with Gasteiger partial charge in [-0.1, -0.05) is 0 Å². The lowest BCUT2D eigenvalue weighted by Crippen LogP contribution is -2.45. The topological polar surface area (TPSA) is 96.9 Å². The van der Waals surface area contributed by atoms with E-state index in [0.717, 1.165) is 0 Å². The monoisotopic (exact) mass is 280 g/mol. The number of carboxylic acid groups (broad SMARTS) is 1. The summed E-state index contributed by atoms with van der Waals surface area (Å²) < 4.78 is 10.4. The number of carbonyl (C=O) groups is 2. The van der Waals surface area contributed by atoms with Gasteiger partial charge in [-0.15, -0.1) is 0 Å². The van der Waals surface area contributed by atoms with Crippen LogP contribution >= 0.6 is 0 Å². The molecular weight excluding hydrogens is 264 g/mol. The number of methoxy groups -OCH3 is 1. The number of benzene rings is 1. The molecule has 2 rings (SSSR count). The normalized spacial score (nSPS) is 18.4. The Hall–Kier alpha value is -2.12. The Morgan fingerprint density at radius 3 is 2.90 bits per heavy atom. The zero-order chi connectivity index (χ0) is 14.5. The van der Waals surface area contributed by atoms with Crippen molar-refractivity contribution in [2.45, 2.75) is 6.10 Å². The Labute approximate surface area is 115 Å². The molecule has 1 aliphatic rings. The molecule has 0 spiro atoms. The lowest BCUT2D eigenvalue weighted by Gasteiger charge is -2.23. The summed E-state index contributed by atoms with van der Waals surface area (Å²) in [5.41, 5.74) is 0.385. The molecular formula is C13H16N2O5. The summed E-state index contributed by atoms with van der Waals surface area (Å²) in [5.74, 6) is -1.01. The van der Waals surface area contributed by atoms with Crippen LogP contribution in [-0.2, 0) is 9.53 Å². The minimum Gasteiger partial charge on any atom is -0.495 e. The first-order chi connectivity index (χ1) is 9.61. The standard InChI is InChI=1S/C13H16N2O5/c1-19-10-3-2-8(13(17)18)6-9(10)15-12(16)11-7-14-4-5-20-11/h2-3,6,11,14H,4-5,7H2,1H3,(H,15,16)(H,17,18). The Morgan fingerprint density at radius 2 is 2.30 bits per heavy atom. The highest BCUT2D eigenvalue weighted by Crippen LogP contribution is 2.25. The summed E-state index contributed by atoms with van der Waals surface area (Å²) in [6, 6.07) is 4.27. The molecule has 7 heteroatoms. The van der Waals surface area contributed by atoms with Crippen molar-refractivity contribution in [3.8, 4) is 5.75 Å². The molecule has 108 valence electrons. The summed E-state index contributed by atoms with van der Waals surface area (Å²) in [6.07, 6.45) is -0.595. The van der Waals surface area contributed by atoms with Crippen LogP contribution in [-0.4, -0.2) is 49.9 Å². The van der Waals surface area contributed by atoms with E-state index in [1.807, 2.05) is 0 Å². The summed E-state index contributed by atoms with van der Waals surface area (Å²) in [6.45, 7) is 1.60. The molecule has 1 unspecified atom stereocenters. The maximum absolute atomic E-state index is 12.0. The highest BCUT2D eigenvalue weighted by Gasteiger charge is 2.23. The molecule has 1 fully saturated rings. The van der Waals surface area contributed by atoms with Gasteiger partial charge in [0.05, 0.1) is 25.0 Å². The molecule has 0 radical (unpaired) electrons. The second-order valence-corrected chi connectivity index (χ2v) is 4.27. The first-order valence-corrected chi connectivity index (χ1v) is 6.16. The van der Waals surface area contributed by atoms with E-state index in [1.165, 1.54) is 25.3 Å². The molecule has 1 saturated heterocycles. The molecule has 0 aromatic heterocycles. The molecule has 1 aromatic carbocycles. The second-order valence-electron chi connectivity index (χ2n) is 4.27. The van der Waals surface area contributed by atoms with Crippen LogP contribution in [0.3, 0.4) is 0 Å². The average Bonchev–Trinajstić information content (AvgIpc) is 2.48. The number of aromatic carboxylic acids is 1. The zero-order valence-corrected chi connectivity index (χ0v) is 11.0. The third-order valence-corrected chi connectivity index (χ3v) is 2.92. The Balaban J connectivity index is 2.15. The number of rotatable bonds is 4. The van der Waals surface area contributed by atoms with Crippen LogP contribution in [0.25, 0.3) is 0 Å². The molecule has 1 heterocycles. The summed E-state index contributed by atoms with van der Waals surface area (Å²) in [7, 11) is 1.45. The van der Waals surface area contributed by atoms with Gasteiger partial charge in [-0.25, -0.2) is 4.79 Å². The molecule has 0 bridgehead atoms. The minimum atomic E-state index is -1.07. The smallest absolute Gasteiger partial charge is 0.335 e. The van der Waals surface area contributed by atoms with Crippen molar-refractivity contribution in [1.29, 1.82) is 0 Å². The number of carbonyl (C=O) groups excluding carboxylic acids is 1. The quantitative estimate of drug-likeness (QED) is 0.735. The van der Waals surface area contributed by atoms with E-state index in [4.69, 9.17) is 14.6 Å². The molecule has 1 atom stereocenters. The van der Waals surface area contributed by atoms with Crippen molar-refractivity contribution in [3.05, 3.63) is 23.8 Å². The number of hydrogen-bond acceptors (Lipinski definition) is 5. The van der Waals surface area contributed by atoms with Crippen LogP contribution in [0.15, 0.2) is 18.2 Å². The van der Waals surface area contributed by atoms with Gasteiger partial charge >= 0.3 is 5.97 Å². The summed E-state index contributed by atoms with van der Waals surface area (Å²) in [5, 5.41) is 14.7. The van der Waals surface area contributed by atoms with Gasteiger partial charge in [0.1, 0.15) is 11.9 Å². The Bertz CT molecular complexity index is 511. The molecule has 0 aliphatic carbocycles. The van der Waals surface area contributed by atoms with E-state index in [2.05, 4.69) is 10.6 Å². The first-order valence-electron chi connectivity index (χ1n) is 6.16. The largest absolute Gasteiger partial charge is 0.495 e. The van der Waals surface area contributed by atoms with Gasteiger partial charge in [0.2, 0.25) is 0 Å². The minimum absolute atomic E-state index is 0.0730. The lowest BCUT2D eigenvalue weighted by molar-refractivity contribution is -0.128. The van der Waals surface area contributed by atoms with E-state index >= 15 is 0 Å². The first kappa shape index (κ1) is 14.3. The van der Waals surface area contributed by atoms with E-state index < -0.39 is 12.1 Å². The molecule has 20 heavy (non-hydrogen) atoms. The SMILES string of the molecule is COc1ccc(C(=O)O)cc1NC(=O)C1CNCCO1. The van der Waals surface area contributed by atoms with Crippen LogP contribution in [0.1, 0.15) is 10.4 Å². The van der Waals surface area contributed by atoms with Gasteiger partial charge in [0.25, 0.3) is 5.91 Å². The van der Waals surface area contributed by atoms with Crippen molar-refractivity contribution in [3.63, 3.8) is 0 Å². The molecule has 0 saturated carbocycles. The van der Waals surface area contributed by atoms with Crippen LogP contribution in [0.4, 0.5) is 5.69 Å². The van der Waals surface area contributed by atoms with Gasteiger partial charge in [-0.3, -0.25) is 4.79 Å². The maximum atomic E-state index is 12.0. The maximum Gasteiger partial charge on any atom is 0.335 e. The Morgan fingerprint density at radius 1 is 1.50 bits per heavy atom. The number of ether oxygens (including phenoxy) is 2. The zero-order valence-electron chi connectivity index (χ0n) is 11.0. The summed E-state index contributed by atoms with van der Waals surface area (Å²) >= 11 is 0. The molecule has 3 N–H and O–H groups in total. The number of morpholine rings is 1. The number of hydrogen-bond donors (Lipinski definition) is 3. The van der Waals surface area contributed by atoms with E-state index in [0.29, 0.717) is 31.1 Å². The fraction of sp³-hybridized carbons (Fsp3) is 0.385. The Kier molecular flexibility index (Phi) is 4.54. The third-order valence-electron chi connectivity index (χ3n) is 2.92. The van der Waals surface area contributed by atoms with Gasteiger partial charge in [-0.05, 0) is 18.2 Å². The van der Waals surface area contributed by atoms with Crippen molar-refractivity contribution in [2.75, 3.05) is 32.1 Å². The lowest BCUT2D eigenvalue weighted by atomic mass is 10.1. The number of nitrogens with one attached hydrogen (secondary N) is 2. The molecule has 7 nitrogen and oxygen atoms in total. The van der Waals surface area contributed by atoms with Crippen molar-refractivity contribution >= 4 is 17.6 Å². The summed E-state index contributed by atoms with van der Waals surface area (Å²) in [4.78, 5) is 23.0. The fourth-order valence-corrected chi connectivity index (χ4v) is 1.89. The molecule has 1 aromatic rings. The fourth-order valence-electron chi connectivity index (χ4n) is 1.89.